The van der Waals surface area contributed by atoms with Gasteiger partial charge in [0, 0.05) is 19.1 Å². The maximum atomic E-state index is 9.96. The molecule has 3 unspecified atom stereocenters. The lowest BCUT2D eigenvalue weighted by atomic mass is 9.97. The van der Waals surface area contributed by atoms with Gasteiger partial charge in [0.1, 0.15) is 0 Å². The van der Waals surface area contributed by atoms with Crippen molar-refractivity contribution >= 4 is 12.4 Å². The summed E-state index contributed by atoms with van der Waals surface area (Å²) in [6, 6.07) is 11.0. The van der Waals surface area contributed by atoms with Gasteiger partial charge < -0.3 is 10.2 Å². The molecule has 0 saturated heterocycles. The van der Waals surface area contributed by atoms with E-state index in [0.717, 1.165) is 12.8 Å². The van der Waals surface area contributed by atoms with Crippen LogP contribution in [0.2, 0.25) is 0 Å². The molecule has 0 saturated carbocycles. The molecule has 1 aromatic carbocycles. The number of nitrogens with zero attached hydrogens (tertiary/aromatic N) is 1. The predicted octanol–water partition coefficient (Wildman–Crippen LogP) is 6.00. The Morgan fingerprint density at radius 1 is 0.759 bits per heavy atom. The highest BCUT2D eigenvalue weighted by molar-refractivity contribution is 5.85. The third-order valence-electron chi connectivity index (χ3n) is 5.47. The van der Waals surface area contributed by atoms with Crippen molar-refractivity contribution in [3.8, 4) is 0 Å². The van der Waals surface area contributed by atoms with Gasteiger partial charge in [-0.25, -0.2) is 0 Å². The lowest BCUT2D eigenvalue weighted by molar-refractivity contribution is 0.0534. The molecule has 1 aromatic rings. The van der Waals surface area contributed by atoms with Crippen molar-refractivity contribution < 1.29 is 10.2 Å². The SMILES string of the molecule is CCCCCCCCCCCC(Cc1ccccc1)N(CC(C)O)CC(C)O.Cl. The van der Waals surface area contributed by atoms with Gasteiger partial charge in [-0.15, -0.1) is 12.4 Å². The van der Waals surface area contributed by atoms with E-state index < -0.39 is 0 Å². The van der Waals surface area contributed by atoms with Crippen LogP contribution in [0, 0.1) is 0 Å². The third kappa shape index (κ3) is 14.9. The average molecular weight is 428 g/mol. The number of hydrogen-bond acceptors (Lipinski definition) is 3. The topological polar surface area (TPSA) is 43.7 Å². The zero-order valence-electron chi connectivity index (χ0n) is 19.1. The van der Waals surface area contributed by atoms with Crippen molar-refractivity contribution in [3.63, 3.8) is 0 Å². The average Bonchev–Trinajstić information content (AvgIpc) is 2.65. The Morgan fingerprint density at radius 3 is 1.72 bits per heavy atom. The minimum atomic E-state index is -0.375. The van der Waals surface area contributed by atoms with Crippen LogP contribution >= 0.6 is 12.4 Å². The summed E-state index contributed by atoms with van der Waals surface area (Å²) in [6.45, 7) is 7.20. The monoisotopic (exact) mass is 427 g/mol. The van der Waals surface area contributed by atoms with Gasteiger partial charge in [0.05, 0.1) is 12.2 Å². The van der Waals surface area contributed by atoms with Crippen LogP contribution in [-0.2, 0) is 6.42 Å². The molecule has 0 fully saturated rings. The summed E-state index contributed by atoms with van der Waals surface area (Å²) in [5.41, 5.74) is 1.34. The first-order valence-electron chi connectivity index (χ1n) is 11.7. The zero-order valence-corrected chi connectivity index (χ0v) is 19.9. The molecule has 0 spiro atoms. The summed E-state index contributed by atoms with van der Waals surface area (Å²) in [6.07, 6.45) is 13.4. The largest absolute Gasteiger partial charge is 0.392 e. The van der Waals surface area contributed by atoms with Gasteiger partial charge in [-0.05, 0) is 32.3 Å². The Labute approximate surface area is 186 Å². The van der Waals surface area contributed by atoms with Gasteiger partial charge >= 0.3 is 0 Å². The third-order valence-corrected chi connectivity index (χ3v) is 5.47. The summed E-state index contributed by atoms with van der Waals surface area (Å²) < 4.78 is 0. The highest BCUT2D eigenvalue weighted by Gasteiger charge is 2.21. The van der Waals surface area contributed by atoms with E-state index in [0.29, 0.717) is 19.1 Å². The maximum Gasteiger partial charge on any atom is 0.0639 e. The predicted molar refractivity (Wildman–Crippen MR) is 128 cm³/mol. The molecule has 0 aliphatic rings. The molecule has 0 heterocycles. The van der Waals surface area contributed by atoms with Crippen LogP contribution < -0.4 is 0 Å². The molecule has 1 rings (SSSR count). The second-order valence-corrected chi connectivity index (χ2v) is 8.61. The van der Waals surface area contributed by atoms with Gasteiger partial charge in [-0.1, -0.05) is 95.0 Å². The fraction of sp³-hybridized carbons (Fsp3) is 0.760. The molecule has 29 heavy (non-hydrogen) atoms. The van der Waals surface area contributed by atoms with Gasteiger partial charge in [0.2, 0.25) is 0 Å². The standard InChI is InChI=1S/C25H45NO2.ClH/c1-4-5-6-7-8-9-10-11-15-18-25(19-24-16-13-12-14-17-24)26(20-22(2)27)21-23(3)28;/h12-14,16-17,22-23,25,27-28H,4-11,15,18-21H2,1-3H3;1H. The fourth-order valence-electron chi connectivity index (χ4n) is 4.04. The lowest BCUT2D eigenvalue weighted by Gasteiger charge is -2.34. The van der Waals surface area contributed by atoms with E-state index >= 15 is 0 Å². The van der Waals surface area contributed by atoms with Gasteiger partial charge in [-0.2, -0.15) is 0 Å². The zero-order chi connectivity index (χ0) is 20.6. The van der Waals surface area contributed by atoms with E-state index in [1.165, 1.54) is 63.4 Å². The number of aliphatic hydroxyl groups excluding tert-OH is 2. The number of aliphatic hydroxyl groups is 2. The molecular formula is C25H46ClNO2. The van der Waals surface area contributed by atoms with Crippen molar-refractivity contribution in [3.05, 3.63) is 35.9 Å². The first-order valence-corrected chi connectivity index (χ1v) is 11.7. The highest BCUT2D eigenvalue weighted by atomic mass is 35.5. The van der Waals surface area contributed by atoms with Crippen LogP contribution in [0.5, 0.6) is 0 Å². The minimum Gasteiger partial charge on any atom is -0.392 e. The summed E-state index contributed by atoms with van der Waals surface area (Å²) >= 11 is 0. The van der Waals surface area contributed by atoms with Crippen LogP contribution in [0.3, 0.4) is 0 Å². The van der Waals surface area contributed by atoms with Crippen molar-refractivity contribution in [1.82, 2.24) is 4.90 Å². The molecule has 3 nitrogen and oxygen atoms in total. The number of benzene rings is 1. The molecule has 4 heteroatoms. The van der Waals surface area contributed by atoms with Crippen LogP contribution in [0.1, 0.15) is 90.5 Å². The molecular weight excluding hydrogens is 382 g/mol. The minimum absolute atomic E-state index is 0. The van der Waals surface area contributed by atoms with Crippen LogP contribution in [-0.4, -0.2) is 46.5 Å². The lowest BCUT2D eigenvalue weighted by Crippen LogP contribution is -2.44. The Hall–Kier alpha value is -0.610. The Bertz CT molecular complexity index is 457. The fourth-order valence-corrected chi connectivity index (χ4v) is 4.04. The Kier molecular flexibility index (Phi) is 17.8. The van der Waals surface area contributed by atoms with E-state index in [4.69, 9.17) is 0 Å². The van der Waals surface area contributed by atoms with Crippen molar-refractivity contribution in [2.24, 2.45) is 0 Å². The molecule has 0 aliphatic carbocycles. The number of rotatable bonds is 17. The normalized spacial score (nSPS) is 14.4. The summed E-state index contributed by atoms with van der Waals surface area (Å²) in [4.78, 5) is 2.30. The van der Waals surface area contributed by atoms with E-state index in [1.54, 1.807) is 0 Å². The van der Waals surface area contributed by atoms with Crippen LogP contribution in [0.15, 0.2) is 30.3 Å². The smallest absolute Gasteiger partial charge is 0.0639 e. The molecule has 0 radical (unpaired) electrons. The highest BCUT2D eigenvalue weighted by Crippen LogP contribution is 2.18. The van der Waals surface area contributed by atoms with Gasteiger partial charge in [-0.3, -0.25) is 4.90 Å². The number of halogens is 1. The molecule has 3 atom stereocenters. The van der Waals surface area contributed by atoms with Gasteiger partial charge in [0.25, 0.3) is 0 Å². The Balaban J connectivity index is 0.00000784. The Morgan fingerprint density at radius 2 is 1.24 bits per heavy atom. The van der Waals surface area contributed by atoms with E-state index in [-0.39, 0.29) is 24.6 Å². The number of unbranched alkanes of at least 4 members (excludes halogenated alkanes) is 8. The van der Waals surface area contributed by atoms with E-state index in [1.807, 2.05) is 13.8 Å². The summed E-state index contributed by atoms with van der Waals surface area (Å²) in [5.74, 6) is 0. The molecule has 0 amide bonds. The number of hydrogen-bond donors (Lipinski definition) is 2. The van der Waals surface area contributed by atoms with Crippen LogP contribution in [0.25, 0.3) is 0 Å². The molecule has 0 aromatic heterocycles. The first kappa shape index (κ1) is 28.4. The maximum absolute atomic E-state index is 9.96. The van der Waals surface area contributed by atoms with Crippen LogP contribution in [0.4, 0.5) is 0 Å². The van der Waals surface area contributed by atoms with Crippen molar-refractivity contribution in [2.45, 2.75) is 110 Å². The molecule has 0 aliphatic heterocycles. The van der Waals surface area contributed by atoms with Crippen molar-refractivity contribution in [2.75, 3.05) is 13.1 Å². The molecule has 0 bridgehead atoms. The van der Waals surface area contributed by atoms with Gasteiger partial charge in [0.15, 0.2) is 0 Å². The van der Waals surface area contributed by atoms with E-state index in [2.05, 4.69) is 42.2 Å². The molecule has 2 N–H and O–H groups in total. The first-order chi connectivity index (χ1) is 13.5. The quantitative estimate of drug-likeness (QED) is 0.299. The second-order valence-electron chi connectivity index (χ2n) is 8.61. The second kappa shape index (κ2) is 18.2. The van der Waals surface area contributed by atoms with E-state index in [9.17, 15) is 10.2 Å². The van der Waals surface area contributed by atoms with Crippen molar-refractivity contribution in [1.29, 1.82) is 0 Å². The molecule has 170 valence electrons. The summed E-state index contributed by atoms with van der Waals surface area (Å²) in [7, 11) is 0. The summed E-state index contributed by atoms with van der Waals surface area (Å²) in [5, 5.41) is 19.9.